The molecule has 23 heavy (non-hydrogen) atoms. The van der Waals surface area contributed by atoms with Crippen molar-refractivity contribution in [2.45, 2.75) is 24.9 Å². The minimum Gasteiger partial charge on any atom is -0.484 e. The second-order valence-corrected chi connectivity index (χ2v) is 6.29. The molecule has 0 radical (unpaired) electrons. The smallest absolute Gasteiger partial charge is 0.136 e. The van der Waals surface area contributed by atoms with E-state index in [1.54, 1.807) is 0 Å². The molecule has 1 spiro atoms. The van der Waals surface area contributed by atoms with Gasteiger partial charge >= 0.3 is 0 Å². The molecule has 4 rings (SSSR count). The fourth-order valence-corrected chi connectivity index (χ4v) is 3.36. The average molecular weight is 308 g/mol. The zero-order chi connectivity index (χ0) is 15.7. The van der Waals surface area contributed by atoms with Gasteiger partial charge in [-0.15, -0.1) is 0 Å². The minimum absolute atomic E-state index is 0.232. The monoisotopic (exact) mass is 308 g/mol. The number of fused-ring (bicyclic) bond motifs is 1. The minimum atomic E-state index is -0.232. The summed E-state index contributed by atoms with van der Waals surface area (Å²) in [7, 11) is 0. The van der Waals surface area contributed by atoms with Crippen molar-refractivity contribution in [3.8, 4) is 17.2 Å². The summed E-state index contributed by atoms with van der Waals surface area (Å²) in [5, 5.41) is 0. The molecule has 1 saturated heterocycles. The van der Waals surface area contributed by atoms with E-state index in [-0.39, 0.29) is 5.60 Å². The molecule has 2 aromatic rings. The molecule has 0 amide bonds. The number of rotatable bonds is 2. The third kappa shape index (κ3) is 2.84. The van der Waals surface area contributed by atoms with Gasteiger partial charge in [-0.2, -0.15) is 0 Å². The molecule has 118 valence electrons. The molecule has 2 aliphatic heterocycles. The van der Waals surface area contributed by atoms with Crippen molar-refractivity contribution in [3.05, 3.63) is 60.7 Å². The zero-order valence-corrected chi connectivity index (χ0v) is 13.1. The van der Waals surface area contributed by atoms with Gasteiger partial charge in [0.05, 0.1) is 6.61 Å². The van der Waals surface area contributed by atoms with Crippen LogP contribution in [0.1, 0.15) is 24.8 Å². The van der Waals surface area contributed by atoms with Gasteiger partial charge < -0.3 is 14.2 Å². The van der Waals surface area contributed by atoms with Crippen LogP contribution in [0, 0.1) is 0 Å². The lowest BCUT2D eigenvalue weighted by Crippen LogP contribution is -2.46. The first-order chi connectivity index (χ1) is 11.2. The molecular formula is C20H20O3. The van der Waals surface area contributed by atoms with Gasteiger partial charge in [0, 0.05) is 18.6 Å². The molecule has 1 atom stereocenters. The molecule has 0 aromatic heterocycles. The van der Waals surface area contributed by atoms with E-state index < -0.39 is 0 Å². The highest BCUT2D eigenvalue weighted by Crippen LogP contribution is 2.44. The van der Waals surface area contributed by atoms with Gasteiger partial charge in [0.25, 0.3) is 0 Å². The molecule has 0 aliphatic carbocycles. The summed E-state index contributed by atoms with van der Waals surface area (Å²) in [6.45, 7) is 5.74. The molecule has 1 unspecified atom stereocenters. The molecule has 1 fully saturated rings. The Morgan fingerprint density at radius 2 is 1.91 bits per heavy atom. The Bertz CT molecular complexity index is 715. The fourth-order valence-electron chi connectivity index (χ4n) is 3.36. The van der Waals surface area contributed by atoms with Crippen LogP contribution < -0.4 is 9.47 Å². The molecular weight excluding hydrogens is 288 g/mol. The van der Waals surface area contributed by atoms with Gasteiger partial charge in [-0.3, -0.25) is 0 Å². The number of benzene rings is 2. The van der Waals surface area contributed by atoms with Crippen LogP contribution >= 0.6 is 0 Å². The molecule has 2 aliphatic rings. The quantitative estimate of drug-likeness (QED) is 0.795. The van der Waals surface area contributed by atoms with Crippen molar-refractivity contribution in [2.24, 2.45) is 0 Å². The summed E-state index contributed by atoms with van der Waals surface area (Å²) >= 11 is 0. The van der Waals surface area contributed by atoms with Gasteiger partial charge in [0.1, 0.15) is 22.8 Å². The summed E-state index contributed by atoms with van der Waals surface area (Å²) in [5.74, 6) is 2.51. The second-order valence-electron chi connectivity index (χ2n) is 6.29. The van der Waals surface area contributed by atoms with Crippen LogP contribution in [-0.4, -0.2) is 18.8 Å². The maximum Gasteiger partial charge on any atom is 0.136 e. The average Bonchev–Trinajstić information content (AvgIpc) is 2.57. The van der Waals surface area contributed by atoms with Crippen molar-refractivity contribution in [1.82, 2.24) is 0 Å². The first-order valence-electron chi connectivity index (χ1n) is 8.06. The van der Waals surface area contributed by atoms with Gasteiger partial charge in [-0.1, -0.05) is 24.8 Å². The normalized spacial score (nSPS) is 23.2. The van der Waals surface area contributed by atoms with Gasteiger partial charge in [0.15, 0.2) is 0 Å². The Hall–Kier alpha value is -2.26. The van der Waals surface area contributed by atoms with Crippen LogP contribution in [0.2, 0.25) is 0 Å². The largest absolute Gasteiger partial charge is 0.484 e. The first-order valence-corrected chi connectivity index (χ1v) is 8.06. The van der Waals surface area contributed by atoms with E-state index in [0.717, 1.165) is 54.3 Å². The highest BCUT2D eigenvalue weighted by Gasteiger charge is 2.40. The standard InChI is InChI=1S/C20H20O3/c1-15-13-20(10-5-11-21-14-20)23-19-9-8-17(12-18(15)19)22-16-6-3-2-4-7-16/h2-4,6-9,12H,1,5,10-11,13-14H2. The molecule has 2 aromatic carbocycles. The third-order valence-corrected chi connectivity index (χ3v) is 4.46. The van der Waals surface area contributed by atoms with Crippen LogP contribution in [0.5, 0.6) is 17.2 Å². The summed E-state index contributed by atoms with van der Waals surface area (Å²) in [6.07, 6.45) is 2.88. The molecule has 3 heteroatoms. The predicted octanol–water partition coefficient (Wildman–Crippen LogP) is 4.82. The van der Waals surface area contributed by atoms with E-state index >= 15 is 0 Å². The zero-order valence-electron chi connectivity index (χ0n) is 13.1. The van der Waals surface area contributed by atoms with E-state index in [1.165, 1.54) is 0 Å². The highest BCUT2D eigenvalue weighted by atomic mass is 16.5. The Balaban J connectivity index is 1.60. The molecule has 3 nitrogen and oxygen atoms in total. The second kappa shape index (κ2) is 5.74. The van der Waals surface area contributed by atoms with Crippen LogP contribution in [0.25, 0.3) is 5.57 Å². The van der Waals surface area contributed by atoms with E-state index in [9.17, 15) is 0 Å². The lowest BCUT2D eigenvalue weighted by Gasteiger charge is -2.41. The maximum absolute atomic E-state index is 6.29. The lowest BCUT2D eigenvalue weighted by molar-refractivity contribution is -0.0678. The Morgan fingerprint density at radius 3 is 2.70 bits per heavy atom. The maximum atomic E-state index is 6.29. The first kappa shape index (κ1) is 14.3. The SMILES string of the molecule is C=C1CC2(CCCOC2)Oc2ccc(Oc3ccccc3)cc21. The van der Waals surface area contributed by atoms with Gasteiger partial charge in [-0.05, 0) is 48.7 Å². The van der Waals surface area contributed by atoms with Crippen LogP contribution in [-0.2, 0) is 4.74 Å². The van der Waals surface area contributed by atoms with Gasteiger partial charge in [0.2, 0.25) is 0 Å². The number of para-hydroxylation sites is 1. The summed E-state index contributed by atoms with van der Waals surface area (Å²) < 4.78 is 17.8. The Labute approximate surface area is 136 Å². The topological polar surface area (TPSA) is 27.7 Å². The van der Waals surface area contributed by atoms with E-state index in [2.05, 4.69) is 6.58 Å². The van der Waals surface area contributed by atoms with Crippen molar-refractivity contribution in [2.75, 3.05) is 13.2 Å². The third-order valence-electron chi connectivity index (χ3n) is 4.46. The number of hydrogen-bond donors (Lipinski definition) is 0. The predicted molar refractivity (Wildman–Crippen MR) is 90.0 cm³/mol. The van der Waals surface area contributed by atoms with Gasteiger partial charge in [-0.25, -0.2) is 0 Å². The molecule has 0 N–H and O–H groups in total. The molecule has 0 bridgehead atoms. The van der Waals surface area contributed by atoms with Crippen LogP contribution in [0.4, 0.5) is 0 Å². The van der Waals surface area contributed by atoms with E-state index in [0.29, 0.717) is 6.61 Å². The number of ether oxygens (including phenoxy) is 3. The Kier molecular flexibility index (Phi) is 3.58. The van der Waals surface area contributed by atoms with Crippen molar-refractivity contribution in [3.63, 3.8) is 0 Å². The van der Waals surface area contributed by atoms with Crippen molar-refractivity contribution < 1.29 is 14.2 Å². The lowest BCUT2D eigenvalue weighted by atomic mass is 9.84. The molecule has 0 saturated carbocycles. The van der Waals surface area contributed by atoms with E-state index in [4.69, 9.17) is 14.2 Å². The molecule has 2 heterocycles. The fraction of sp³-hybridized carbons (Fsp3) is 0.300. The van der Waals surface area contributed by atoms with E-state index in [1.807, 2.05) is 48.5 Å². The van der Waals surface area contributed by atoms with Crippen LogP contribution in [0.3, 0.4) is 0 Å². The summed E-state index contributed by atoms with van der Waals surface area (Å²) in [4.78, 5) is 0. The Morgan fingerprint density at radius 1 is 1.04 bits per heavy atom. The van der Waals surface area contributed by atoms with Crippen LogP contribution in [0.15, 0.2) is 55.1 Å². The summed E-state index contributed by atoms with van der Waals surface area (Å²) in [5.41, 5.74) is 1.90. The number of hydrogen-bond acceptors (Lipinski definition) is 3. The summed E-state index contributed by atoms with van der Waals surface area (Å²) in [6, 6.07) is 15.7. The highest BCUT2D eigenvalue weighted by molar-refractivity contribution is 5.72. The van der Waals surface area contributed by atoms with Crippen molar-refractivity contribution in [1.29, 1.82) is 0 Å². The van der Waals surface area contributed by atoms with Crippen molar-refractivity contribution >= 4 is 5.57 Å².